The molecule has 0 aliphatic rings. The zero-order valence-electron chi connectivity index (χ0n) is 15.7. The number of rotatable bonds is 5. The number of thioether (sulfide) groups is 1. The molecule has 0 bridgehead atoms. The summed E-state index contributed by atoms with van der Waals surface area (Å²) in [6, 6.07) is 11.2. The molecule has 4 aromatic rings. The number of pyridine rings is 1. The van der Waals surface area contributed by atoms with Crippen molar-refractivity contribution < 1.29 is 4.79 Å². The van der Waals surface area contributed by atoms with Gasteiger partial charge in [-0.3, -0.25) is 14.6 Å². The lowest BCUT2D eigenvalue weighted by atomic mass is 10.1. The minimum atomic E-state index is -0.559. The molecular weight excluding hydrogens is 420 g/mol. The Morgan fingerprint density at radius 1 is 1.33 bits per heavy atom. The fourth-order valence-corrected chi connectivity index (χ4v) is 4.35. The van der Waals surface area contributed by atoms with Crippen molar-refractivity contribution in [3.63, 3.8) is 0 Å². The second-order valence-electron chi connectivity index (χ2n) is 6.28. The molecule has 1 aromatic carbocycles. The number of aromatic nitrogens is 4. The van der Waals surface area contributed by atoms with Crippen LogP contribution in [-0.2, 0) is 4.79 Å². The van der Waals surface area contributed by atoms with Crippen LogP contribution in [0.25, 0.3) is 21.5 Å². The van der Waals surface area contributed by atoms with Gasteiger partial charge in [-0.1, -0.05) is 29.2 Å². The molecule has 3 heterocycles. The molecule has 0 fully saturated rings. The van der Waals surface area contributed by atoms with Gasteiger partial charge in [0.05, 0.1) is 21.7 Å². The van der Waals surface area contributed by atoms with Gasteiger partial charge in [0, 0.05) is 18.0 Å². The third-order valence-corrected chi connectivity index (χ3v) is 5.88. The Hall–Kier alpha value is -3.55. The number of carbonyl (C=O) groups excluding carboxylic acids is 1. The van der Waals surface area contributed by atoms with Crippen LogP contribution < -0.4 is 10.9 Å². The van der Waals surface area contributed by atoms with Gasteiger partial charge in [-0.15, -0.1) is 0 Å². The van der Waals surface area contributed by atoms with E-state index < -0.39 is 5.56 Å². The van der Waals surface area contributed by atoms with E-state index in [1.165, 1.54) is 17.5 Å². The number of aryl methyl sites for hydroxylation is 1. The molecule has 0 aliphatic heterocycles. The van der Waals surface area contributed by atoms with Crippen molar-refractivity contribution in [3.05, 3.63) is 64.2 Å². The zero-order valence-corrected chi connectivity index (χ0v) is 17.3. The molecule has 0 spiro atoms. The number of carbonyl (C=O) groups is 1. The fraction of sp³-hybridized carbons (Fsp3) is 0.100. The van der Waals surface area contributed by atoms with E-state index >= 15 is 0 Å². The summed E-state index contributed by atoms with van der Waals surface area (Å²) in [6.07, 6.45) is 3.12. The summed E-state index contributed by atoms with van der Waals surface area (Å²) < 4.78 is 0.997. The summed E-state index contributed by atoms with van der Waals surface area (Å²) in [6.45, 7) is 2.00. The van der Waals surface area contributed by atoms with Crippen molar-refractivity contribution in [1.29, 1.82) is 5.26 Å². The van der Waals surface area contributed by atoms with Crippen LogP contribution in [0, 0.1) is 18.3 Å². The van der Waals surface area contributed by atoms with Crippen LogP contribution in [0.4, 0.5) is 5.13 Å². The van der Waals surface area contributed by atoms with E-state index in [0.29, 0.717) is 10.7 Å². The van der Waals surface area contributed by atoms with E-state index in [4.69, 9.17) is 0 Å². The van der Waals surface area contributed by atoms with Gasteiger partial charge in [0.2, 0.25) is 5.91 Å². The van der Waals surface area contributed by atoms with Gasteiger partial charge in [-0.2, -0.15) is 5.26 Å². The molecule has 0 saturated heterocycles. The standard InChI is InChI=1S/C20H14N6O2S2/c1-11-4-5-14-15(7-11)30-20(23-14)24-16(27)10-29-19-25-17(12-3-2-6-22-9-12)13(8-21)18(28)26-19/h2-7,9H,10H2,1H3,(H,23,24,27)(H,25,26,28). The molecule has 1 amide bonds. The number of thiazole rings is 1. The van der Waals surface area contributed by atoms with Crippen molar-refractivity contribution in [2.24, 2.45) is 0 Å². The quantitative estimate of drug-likeness (QED) is 0.364. The molecule has 0 saturated carbocycles. The van der Waals surface area contributed by atoms with Crippen LogP contribution in [0.5, 0.6) is 0 Å². The normalized spacial score (nSPS) is 10.7. The lowest BCUT2D eigenvalue weighted by Crippen LogP contribution is -2.17. The molecule has 0 aliphatic carbocycles. The highest BCUT2D eigenvalue weighted by Gasteiger charge is 2.15. The molecule has 8 nitrogen and oxygen atoms in total. The highest BCUT2D eigenvalue weighted by Crippen LogP contribution is 2.27. The maximum absolute atomic E-state index is 12.3. The van der Waals surface area contributed by atoms with Gasteiger partial charge >= 0.3 is 0 Å². The molecule has 4 rings (SSSR count). The average Bonchev–Trinajstić information content (AvgIpc) is 3.13. The minimum Gasteiger partial charge on any atom is -0.301 e. The Bertz CT molecular complexity index is 1340. The highest BCUT2D eigenvalue weighted by atomic mass is 32.2. The predicted octanol–water partition coefficient (Wildman–Crippen LogP) is 3.35. The maximum atomic E-state index is 12.3. The third-order valence-electron chi connectivity index (χ3n) is 4.07. The average molecular weight is 435 g/mol. The van der Waals surface area contributed by atoms with E-state index in [9.17, 15) is 14.9 Å². The first-order valence-electron chi connectivity index (χ1n) is 8.78. The molecule has 10 heteroatoms. The van der Waals surface area contributed by atoms with Crippen LogP contribution in [0.1, 0.15) is 11.1 Å². The fourth-order valence-electron chi connectivity index (χ4n) is 2.71. The molecule has 2 N–H and O–H groups in total. The number of anilines is 1. The van der Waals surface area contributed by atoms with Gasteiger partial charge in [0.25, 0.3) is 5.56 Å². The van der Waals surface area contributed by atoms with Crippen molar-refractivity contribution in [2.75, 3.05) is 11.1 Å². The number of nitriles is 1. The molecule has 30 heavy (non-hydrogen) atoms. The number of H-pyrrole nitrogens is 1. The number of hydrogen-bond donors (Lipinski definition) is 2. The number of hydrogen-bond acceptors (Lipinski definition) is 8. The van der Waals surface area contributed by atoms with Crippen LogP contribution in [0.3, 0.4) is 0 Å². The van der Waals surface area contributed by atoms with Crippen LogP contribution >= 0.6 is 23.1 Å². The predicted molar refractivity (Wildman–Crippen MR) is 117 cm³/mol. The Labute approximate surface area is 179 Å². The van der Waals surface area contributed by atoms with Gasteiger partial charge < -0.3 is 10.3 Å². The van der Waals surface area contributed by atoms with Crippen molar-refractivity contribution in [3.8, 4) is 17.3 Å². The monoisotopic (exact) mass is 434 g/mol. The topological polar surface area (TPSA) is 124 Å². The van der Waals surface area contributed by atoms with Crippen molar-refractivity contribution in [1.82, 2.24) is 19.9 Å². The smallest absolute Gasteiger partial charge is 0.270 e. The second-order valence-corrected chi connectivity index (χ2v) is 8.27. The molecular formula is C20H14N6O2S2. The van der Waals surface area contributed by atoms with Crippen molar-refractivity contribution in [2.45, 2.75) is 12.1 Å². The summed E-state index contributed by atoms with van der Waals surface area (Å²) in [5, 5.41) is 12.8. The summed E-state index contributed by atoms with van der Waals surface area (Å²) in [5.74, 6) is -0.248. The lowest BCUT2D eigenvalue weighted by Gasteiger charge is -2.06. The molecule has 0 atom stereocenters. The number of benzene rings is 1. The van der Waals surface area contributed by atoms with Gasteiger partial charge in [0.1, 0.15) is 11.6 Å². The minimum absolute atomic E-state index is 0.0241. The van der Waals surface area contributed by atoms with Crippen LogP contribution in [-0.4, -0.2) is 31.6 Å². The second kappa shape index (κ2) is 8.44. The van der Waals surface area contributed by atoms with E-state index in [1.807, 2.05) is 31.2 Å². The molecule has 148 valence electrons. The Morgan fingerprint density at radius 3 is 2.97 bits per heavy atom. The van der Waals surface area contributed by atoms with Gasteiger partial charge in [-0.25, -0.2) is 9.97 Å². The number of fused-ring (bicyclic) bond motifs is 1. The zero-order chi connectivity index (χ0) is 21.1. The lowest BCUT2D eigenvalue weighted by molar-refractivity contribution is -0.113. The SMILES string of the molecule is Cc1ccc2nc(NC(=O)CSc3nc(-c4cccnc4)c(C#N)c(=O)[nH]3)sc2c1. The van der Waals surface area contributed by atoms with Crippen molar-refractivity contribution >= 4 is 44.4 Å². The Balaban J connectivity index is 1.50. The van der Waals surface area contributed by atoms with E-state index in [1.54, 1.807) is 18.3 Å². The first-order valence-corrected chi connectivity index (χ1v) is 10.6. The van der Waals surface area contributed by atoms with Crippen LogP contribution in [0.2, 0.25) is 0 Å². The van der Waals surface area contributed by atoms with Gasteiger partial charge in [-0.05, 0) is 36.8 Å². The maximum Gasteiger partial charge on any atom is 0.270 e. The summed E-state index contributed by atoms with van der Waals surface area (Å²) >= 11 is 2.47. The Morgan fingerprint density at radius 2 is 2.20 bits per heavy atom. The number of nitrogens with one attached hydrogen (secondary N) is 2. The first-order chi connectivity index (χ1) is 14.5. The number of amides is 1. The van der Waals surface area contributed by atoms with E-state index in [-0.39, 0.29) is 28.1 Å². The summed E-state index contributed by atoms with van der Waals surface area (Å²) in [5.41, 5.74) is 2.08. The summed E-state index contributed by atoms with van der Waals surface area (Å²) in [4.78, 5) is 39.9. The summed E-state index contributed by atoms with van der Waals surface area (Å²) in [7, 11) is 0. The number of nitrogens with zero attached hydrogens (tertiary/aromatic N) is 4. The largest absolute Gasteiger partial charge is 0.301 e. The third kappa shape index (κ3) is 4.22. The highest BCUT2D eigenvalue weighted by molar-refractivity contribution is 7.99. The van der Waals surface area contributed by atoms with E-state index in [2.05, 4.69) is 25.3 Å². The Kier molecular flexibility index (Phi) is 5.56. The molecule has 0 radical (unpaired) electrons. The number of aromatic amines is 1. The molecule has 0 unspecified atom stereocenters. The molecule has 3 aromatic heterocycles. The van der Waals surface area contributed by atoms with E-state index in [0.717, 1.165) is 27.5 Å². The first kappa shape index (κ1) is 19.8. The van der Waals surface area contributed by atoms with Crippen LogP contribution in [0.15, 0.2) is 52.7 Å². The van der Waals surface area contributed by atoms with Gasteiger partial charge in [0.15, 0.2) is 10.3 Å².